The maximum Gasteiger partial charge on any atom is 0.255 e. The second kappa shape index (κ2) is 4.83. The minimum absolute atomic E-state index is 0.000643. The molecule has 0 unspecified atom stereocenters. The maximum absolute atomic E-state index is 12.5. The van der Waals surface area contributed by atoms with Gasteiger partial charge in [-0.3, -0.25) is 9.78 Å². The van der Waals surface area contributed by atoms with Crippen molar-refractivity contribution in [3.05, 3.63) is 52.9 Å². The van der Waals surface area contributed by atoms with E-state index in [0.717, 1.165) is 22.8 Å². The third-order valence-corrected chi connectivity index (χ3v) is 5.14. The van der Waals surface area contributed by atoms with Crippen molar-refractivity contribution in [3.8, 4) is 0 Å². The number of likely N-dealkylation sites (tertiary alicyclic amines) is 1. The lowest BCUT2D eigenvalue weighted by molar-refractivity contribution is -0.126. The van der Waals surface area contributed by atoms with Crippen molar-refractivity contribution in [1.29, 1.82) is 0 Å². The molecule has 0 atom stereocenters. The van der Waals surface area contributed by atoms with Gasteiger partial charge in [0.1, 0.15) is 11.4 Å². The highest BCUT2D eigenvalue weighted by molar-refractivity contribution is 5.94. The number of carbonyl (C=O) groups excluding carboxylic acids is 1. The molecule has 2 aromatic rings. The average molecular weight is 322 g/mol. The fourth-order valence-electron chi connectivity index (χ4n) is 3.50. The van der Waals surface area contributed by atoms with Gasteiger partial charge in [-0.2, -0.15) is 0 Å². The molecular formula is C18H18N4O2. The molecule has 2 aliphatic heterocycles. The van der Waals surface area contributed by atoms with Crippen LogP contribution in [0.15, 0.2) is 24.5 Å². The average Bonchev–Trinajstić information content (AvgIpc) is 3.34. The molecule has 2 fully saturated rings. The fourth-order valence-corrected chi connectivity index (χ4v) is 3.50. The number of hydrogen-bond acceptors (Lipinski definition) is 5. The van der Waals surface area contributed by atoms with Crippen LogP contribution in [0.25, 0.3) is 0 Å². The zero-order valence-electron chi connectivity index (χ0n) is 13.5. The van der Waals surface area contributed by atoms with E-state index in [1.165, 1.54) is 12.8 Å². The highest BCUT2D eigenvalue weighted by Crippen LogP contribution is 2.44. The molecule has 0 N–H and O–H groups in total. The van der Waals surface area contributed by atoms with Crippen molar-refractivity contribution >= 4 is 5.91 Å². The van der Waals surface area contributed by atoms with Crippen LogP contribution in [0.3, 0.4) is 0 Å². The van der Waals surface area contributed by atoms with E-state index in [0.29, 0.717) is 31.2 Å². The lowest BCUT2D eigenvalue weighted by Crippen LogP contribution is -2.61. The van der Waals surface area contributed by atoms with E-state index in [1.807, 2.05) is 25.3 Å². The molecule has 0 bridgehead atoms. The summed E-state index contributed by atoms with van der Waals surface area (Å²) in [5.74, 6) is 1.49. The first-order valence-electron chi connectivity index (χ1n) is 8.37. The first kappa shape index (κ1) is 14.0. The highest BCUT2D eigenvalue weighted by atomic mass is 16.5. The van der Waals surface area contributed by atoms with Crippen LogP contribution < -0.4 is 0 Å². The maximum atomic E-state index is 12.5. The number of aryl methyl sites for hydroxylation is 1. The second-order valence-electron chi connectivity index (χ2n) is 7.00. The zero-order chi connectivity index (χ0) is 16.3. The molecule has 1 spiro atoms. The normalized spacial score (nSPS) is 20.8. The topological polar surface area (TPSA) is 68.2 Å². The van der Waals surface area contributed by atoms with Crippen LogP contribution in [0.5, 0.6) is 0 Å². The van der Waals surface area contributed by atoms with Gasteiger partial charge in [-0.1, -0.05) is 0 Å². The standard InChI is InChI=1S/C18H18N4O2/c1-11-2-3-13(6-19-11)17(23)22-9-18(10-22)14-7-20-16(12-4-5-12)21-15(14)8-24-18/h2-3,6-7,12H,4-5,8-10H2,1H3. The summed E-state index contributed by atoms with van der Waals surface area (Å²) in [7, 11) is 0. The van der Waals surface area contributed by atoms with Gasteiger partial charge < -0.3 is 9.64 Å². The summed E-state index contributed by atoms with van der Waals surface area (Å²) in [6.45, 7) is 3.54. The molecule has 1 aliphatic carbocycles. The molecule has 0 radical (unpaired) electrons. The molecule has 3 aliphatic rings. The Bertz CT molecular complexity index is 823. The van der Waals surface area contributed by atoms with E-state index in [4.69, 9.17) is 4.74 Å². The number of aromatic nitrogens is 3. The monoisotopic (exact) mass is 322 g/mol. The van der Waals surface area contributed by atoms with E-state index < -0.39 is 5.60 Å². The van der Waals surface area contributed by atoms with Crippen LogP contribution >= 0.6 is 0 Å². The number of amides is 1. The predicted molar refractivity (Wildman–Crippen MR) is 85.4 cm³/mol. The molecule has 4 heterocycles. The SMILES string of the molecule is Cc1ccc(C(=O)N2CC3(C2)OCc2nc(C4CC4)ncc23)cn1. The summed E-state index contributed by atoms with van der Waals surface area (Å²) in [6.07, 6.45) is 5.94. The number of rotatable bonds is 2. The quantitative estimate of drug-likeness (QED) is 0.845. The summed E-state index contributed by atoms with van der Waals surface area (Å²) >= 11 is 0. The summed E-state index contributed by atoms with van der Waals surface area (Å²) in [4.78, 5) is 27.7. The van der Waals surface area contributed by atoms with Crippen LogP contribution in [0.1, 0.15) is 51.9 Å². The Labute approximate surface area is 139 Å². The van der Waals surface area contributed by atoms with Crippen molar-refractivity contribution in [2.24, 2.45) is 0 Å². The number of pyridine rings is 1. The number of carbonyl (C=O) groups is 1. The van der Waals surface area contributed by atoms with E-state index >= 15 is 0 Å². The number of fused-ring (bicyclic) bond motifs is 2. The fraction of sp³-hybridized carbons (Fsp3) is 0.444. The molecule has 24 heavy (non-hydrogen) atoms. The van der Waals surface area contributed by atoms with Gasteiger partial charge >= 0.3 is 0 Å². The molecule has 1 saturated heterocycles. The van der Waals surface area contributed by atoms with Crippen molar-refractivity contribution in [2.75, 3.05) is 13.1 Å². The Hall–Kier alpha value is -2.34. The van der Waals surface area contributed by atoms with Gasteiger partial charge in [0.15, 0.2) is 0 Å². The third kappa shape index (κ3) is 2.06. The predicted octanol–water partition coefficient (Wildman–Crippen LogP) is 1.94. The Morgan fingerprint density at radius 1 is 1.25 bits per heavy atom. The second-order valence-corrected chi connectivity index (χ2v) is 7.00. The molecule has 5 rings (SSSR count). The van der Waals surface area contributed by atoms with E-state index in [9.17, 15) is 4.79 Å². The molecule has 1 saturated carbocycles. The van der Waals surface area contributed by atoms with Gasteiger partial charge in [0.25, 0.3) is 5.91 Å². The van der Waals surface area contributed by atoms with Crippen LogP contribution in [0, 0.1) is 6.92 Å². The third-order valence-electron chi connectivity index (χ3n) is 5.14. The zero-order valence-corrected chi connectivity index (χ0v) is 13.5. The number of ether oxygens (including phenoxy) is 1. The lowest BCUT2D eigenvalue weighted by Gasteiger charge is -2.47. The first-order valence-corrected chi connectivity index (χ1v) is 8.37. The van der Waals surface area contributed by atoms with Crippen LogP contribution in [-0.4, -0.2) is 38.8 Å². The molecule has 6 nitrogen and oxygen atoms in total. The smallest absolute Gasteiger partial charge is 0.255 e. The van der Waals surface area contributed by atoms with Gasteiger partial charge in [-0.15, -0.1) is 0 Å². The van der Waals surface area contributed by atoms with Gasteiger partial charge in [-0.05, 0) is 31.9 Å². The molecule has 122 valence electrons. The van der Waals surface area contributed by atoms with Gasteiger partial charge in [0.2, 0.25) is 0 Å². The lowest BCUT2D eigenvalue weighted by atomic mass is 9.87. The summed E-state index contributed by atoms with van der Waals surface area (Å²) in [6, 6.07) is 3.68. The summed E-state index contributed by atoms with van der Waals surface area (Å²) in [5.41, 5.74) is 3.16. The minimum atomic E-state index is -0.412. The van der Waals surface area contributed by atoms with Crippen LogP contribution in [-0.2, 0) is 16.9 Å². The Morgan fingerprint density at radius 3 is 2.79 bits per heavy atom. The van der Waals surface area contributed by atoms with E-state index in [-0.39, 0.29) is 5.91 Å². The first-order chi connectivity index (χ1) is 11.6. The Balaban J connectivity index is 1.34. The van der Waals surface area contributed by atoms with Crippen molar-refractivity contribution in [3.63, 3.8) is 0 Å². The van der Waals surface area contributed by atoms with Crippen molar-refractivity contribution in [1.82, 2.24) is 19.9 Å². The van der Waals surface area contributed by atoms with Crippen molar-refractivity contribution < 1.29 is 9.53 Å². The highest BCUT2D eigenvalue weighted by Gasteiger charge is 2.52. The van der Waals surface area contributed by atoms with Gasteiger partial charge in [-0.25, -0.2) is 9.97 Å². The van der Waals surface area contributed by atoms with Gasteiger partial charge in [0, 0.05) is 29.6 Å². The number of nitrogens with zero attached hydrogens (tertiary/aromatic N) is 4. The van der Waals surface area contributed by atoms with Crippen LogP contribution in [0.2, 0.25) is 0 Å². The molecule has 2 aromatic heterocycles. The molecule has 0 aromatic carbocycles. The van der Waals surface area contributed by atoms with Crippen LogP contribution in [0.4, 0.5) is 0 Å². The Morgan fingerprint density at radius 2 is 2.08 bits per heavy atom. The summed E-state index contributed by atoms with van der Waals surface area (Å²) < 4.78 is 6.03. The summed E-state index contributed by atoms with van der Waals surface area (Å²) in [5, 5.41) is 0. The molecular weight excluding hydrogens is 304 g/mol. The van der Waals surface area contributed by atoms with E-state index in [1.54, 1.807) is 11.1 Å². The van der Waals surface area contributed by atoms with Gasteiger partial charge in [0.05, 0.1) is 31.0 Å². The molecule has 1 amide bonds. The largest absolute Gasteiger partial charge is 0.360 e. The minimum Gasteiger partial charge on any atom is -0.360 e. The van der Waals surface area contributed by atoms with Crippen molar-refractivity contribution in [2.45, 2.75) is 37.9 Å². The number of hydrogen-bond donors (Lipinski definition) is 0. The Kier molecular flexibility index (Phi) is 2.83. The molecule has 6 heteroatoms. The van der Waals surface area contributed by atoms with E-state index in [2.05, 4.69) is 15.0 Å².